The lowest BCUT2D eigenvalue weighted by Gasteiger charge is -2.25. The first-order chi connectivity index (χ1) is 18.9. The summed E-state index contributed by atoms with van der Waals surface area (Å²) in [7, 11) is 0. The fraction of sp³-hybridized carbons (Fsp3) is 0. The molecule has 0 bridgehead atoms. The molecule has 1 aromatic heterocycles. The Balaban J connectivity index is 1.40. The third-order valence-electron chi connectivity index (χ3n) is 6.98. The quantitative estimate of drug-likeness (QED) is 0.241. The number of rotatable bonds is 5. The van der Waals surface area contributed by atoms with Crippen LogP contribution in [0.15, 0.2) is 152 Å². The molecule has 0 amide bonds. The zero-order valence-corrected chi connectivity index (χ0v) is 20.8. The van der Waals surface area contributed by atoms with Crippen LogP contribution in [0, 0.1) is 0 Å². The zero-order chi connectivity index (χ0) is 25.3. The van der Waals surface area contributed by atoms with E-state index in [-0.39, 0.29) is 0 Å². The summed E-state index contributed by atoms with van der Waals surface area (Å²) in [5, 5.41) is 2.36. The van der Waals surface area contributed by atoms with Crippen molar-refractivity contribution in [3.05, 3.63) is 152 Å². The van der Waals surface area contributed by atoms with Crippen LogP contribution in [-0.2, 0) is 0 Å². The van der Waals surface area contributed by atoms with Crippen molar-refractivity contribution in [2.75, 3.05) is 4.90 Å². The maximum Gasteiger partial charge on any atom is 0.145 e. The molecule has 7 rings (SSSR count). The Bertz CT molecular complexity index is 1800. The van der Waals surface area contributed by atoms with Crippen LogP contribution in [0.4, 0.5) is 17.1 Å². The van der Waals surface area contributed by atoms with E-state index in [9.17, 15) is 0 Å². The number of imidazole rings is 1. The summed E-state index contributed by atoms with van der Waals surface area (Å²) in [6.45, 7) is 0. The molecule has 180 valence electrons. The van der Waals surface area contributed by atoms with Crippen LogP contribution in [0.2, 0.25) is 0 Å². The molecule has 0 aliphatic heterocycles. The molecule has 3 nitrogen and oxygen atoms in total. The Morgan fingerprint density at radius 3 is 1.68 bits per heavy atom. The highest BCUT2D eigenvalue weighted by Gasteiger charge is 2.17. The van der Waals surface area contributed by atoms with Gasteiger partial charge in [-0.25, -0.2) is 4.98 Å². The molecule has 0 aliphatic rings. The maximum absolute atomic E-state index is 5.23. The van der Waals surface area contributed by atoms with Gasteiger partial charge in [-0.1, -0.05) is 84.9 Å². The minimum atomic E-state index is 0.931. The van der Waals surface area contributed by atoms with E-state index < -0.39 is 0 Å². The zero-order valence-electron chi connectivity index (χ0n) is 20.8. The van der Waals surface area contributed by atoms with Crippen molar-refractivity contribution in [1.82, 2.24) is 9.55 Å². The predicted octanol–water partition coefficient (Wildman–Crippen LogP) is 9.32. The molecule has 7 aromatic rings. The highest BCUT2D eigenvalue weighted by molar-refractivity contribution is 6.06. The van der Waals surface area contributed by atoms with Crippen molar-refractivity contribution in [2.24, 2.45) is 0 Å². The Hall–Kier alpha value is -5.15. The van der Waals surface area contributed by atoms with Crippen molar-refractivity contribution in [2.45, 2.75) is 0 Å². The predicted molar refractivity (Wildman–Crippen MR) is 159 cm³/mol. The van der Waals surface area contributed by atoms with E-state index in [0.717, 1.165) is 50.6 Å². The molecule has 38 heavy (non-hydrogen) atoms. The number of para-hydroxylation sites is 3. The van der Waals surface area contributed by atoms with E-state index in [2.05, 4.69) is 143 Å². The van der Waals surface area contributed by atoms with Crippen molar-refractivity contribution in [3.63, 3.8) is 0 Å². The smallest absolute Gasteiger partial charge is 0.145 e. The van der Waals surface area contributed by atoms with Gasteiger partial charge in [0.15, 0.2) is 0 Å². The van der Waals surface area contributed by atoms with Crippen LogP contribution in [0.1, 0.15) is 0 Å². The Morgan fingerprint density at radius 2 is 1.03 bits per heavy atom. The molecule has 6 aromatic carbocycles. The Labute approximate surface area is 221 Å². The third-order valence-corrected chi connectivity index (χ3v) is 6.98. The molecule has 0 spiro atoms. The number of hydrogen-bond acceptors (Lipinski definition) is 2. The summed E-state index contributed by atoms with van der Waals surface area (Å²) in [6, 6.07) is 53.0. The van der Waals surface area contributed by atoms with Crippen LogP contribution < -0.4 is 4.90 Å². The van der Waals surface area contributed by atoms with E-state index in [1.807, 2.05) is 18.2 Å². The molecule has 0 aliphatic carbocycles. The van der Waals surface area contributed by atoms with Gasteiger partial charge in [0.05, 0.1) is 11.0 Å². The molecule has 3 heteroatoms. The van der Waals surface area contributed by atoms with Gasteiger partial charge in [-0.05, 0) is 72.1 Å². The number of nitrogens with zero attached hydrogens (tertiary/aromatic N) is 3. The number of benzene rings is 6. The first kappa shape index (κ1) is 22.1. The highest BCUT2D eigenvalue weighted by atomic mass is 15.1. The average Bonchev–Trinajstić information content (AvgIpc) is 3.40. The molecule has 0 radical (unpaired) electrons. The highest BCUT2D eigenvalue weighted by Crippen LogP contribution is 2.37. The summed E-state index contributed by atoms with van der Waals surface area (Å²) < 4.78 is 2.27. The van der Waals surface area contributed by atoms with Gasteiger partial charge in [-0.15, -0.1) is 0 Å². The summed E-state index contributed by atoms with van der Waals surface area (Å²) in [5.41, 5.74) is 7.62. The minimum absolute atomic E-state index is 0.931. The van der Waals surface area contributed by atoms with Gasteiger partial charge < -0.3 is 4.90 Å². The second-order valence-electron chi connectivity index (χ2n) is 9.31. The Kier molecular flexibility index (Phi) is 5.45. The summed E-state index contributed by atoms with van der Waals surface area (Å²) in [5.74, 6) is 0.931. The molecule has 0 fully saturated rings. The second-order valence-corrected chi connectivity index (χ2v) is 9.31. The lowest BCUT2D eigenvalue weighted by molar-refractivity contribution is 1.10. The van der Waals surface area contributed by atoms with Crippen molar-refractivity contribution in [1.29, 1.82) is 0 Å². The number of aromatic nitrogens is 2. The lowest BCUT2D eigenvalue weighted by Crippen LogP contribution is -2.09. The molecular weight excluding hydrogens is 462 g/mol. The van der Waals surface area contributed by atoms with E-state index >= 15 is 0 Å². The number of hydrogen-bond donors (Lipinski definition) is 0. The van der Waals surface area contributed by atoms with Crippen LogP contribution in [-0.4, -0.2) is 9.55 Å². The number of fused-ring (bicyclic) bond motifs is 3. The van der Waals surface area contributed by atoms with Gasteiger partial charge in [-0.3, -0.25) is 4.57 Å². The molecule has 1 heterocycles. The topological polar surface area (TPSA) is 21.1 Å². The largest absolute Gasteiger partial charge is 0.311 e. The van der Waals surface area contributed by atoms with Crippen LogP contribution >= 0.6 is 0 Å². The monoisotopic (exact) mass is 487 g/mol. The van der Waals surface area contributed by atoms with E-state index in [0.29, 0.717) is 0 Å². The molecular formula is C35H25N3. The fourth-order valence-electron chi connectivity index (χ4n) is 5.20. The minimum Gasteiger partial charge on any atom is -0.311 e. The standard InChI is InChI=1S/C35H25N3/c1-4-13-28(14-5-1)37(29-15-6-2-7-16-29)31-23-20-27(21-24-31)35-36-34-32-19-11-10-12-26(32)22-25-33(34)38(35)30-17-8-3-9-18-30/h1-25H. The SMILES string of the molecule is c1ccc(N(c2ccccc2)c2ccc(-c3nc4c5ccccc5ccc4n3-c3ccccc3)cc2)cc1. The molecule has 0 saturated carbocycles. The van der Waals surface area contributed by atoms with Crippen LogP contribution in [0.5, 0.6) is 0 Å². The van der Waals surface area contributed by atoms with Crippen molar-refractivity contribution < 1.29 is 0 Å². The van der Waals surface area contributed by atoms with Gasteiger partial charge in [0, 0.05) is 33.7 Å². The first-order valence-corrected chi connectivity index (χ1v) is 12.8. The lowest BCUT2D eigenvalue weighted by atomic mass is 10.1. The van der Waals surface area contributed by atoms with E-state index in [4.69, 9.17) is 4.98 Å². The average molecular weight is 488 g/mol. The molecule has 0 saturated heterocycles. The molecule has 0 unspecified atom stereocenters. The van der Waals surface area contributed by atoms with Crippen LogP contribution in [0.3, 0.4) is 0 Å². The van der Waals surface area contributed by atoms with Gasteiger partial charge in [0.1, 0.15) is 5.82 Å². The van der Waals surface area contributed by atoms with Crippen LogP contribution in [0.25, 0.3) is 38.9 Å². The van der Waals surface area contributed by atoms with E-state index in [1.54, 1.807) is 0 Å². The number of anilines is 3. The van der Waals surface area contributed by atoms with Gasteiger partial charge in [0.2, 0.25) is 0 Å². The van der Waals surface area contributed by atoms with Gasteiger partial charge in [0.25, 0.3) is 0 Å². The molecule has 0 atom stereocenters. The summed E-state index contributed by atoms with van der Waals surface area (Å²) in [6.07, 6.45) is 0. The first-order valence-electron chi connectivity index (χ1n) is 12.8. The van der Waals surface area contributed by atoms with Gasteiger partial charge >= 0.3 is 0 Å². The maximum atomic E-state index is 5.23. The second kappa shape index (κ2) is 9.38. The van der Waals surface area contributed by atoms with E-state index in [1.165, 1.54) is 5.39 Å². The van der Waals surface area contributed by atoms with Gasteiger partial charge in [-0.2, -0.15) is 0 Å². The fourth-order valence-corrected chi connectivity index (χ4v) is 5.20. The normalized spacial score (nSPS) is 11.2. The van der Waals surface area contributed by atoms with Crippen molar-refractivity contribution in [3.8, 4) is 17.1 Å². The molecule has 0 N–H and O–H groups in total. The third kappa shape index (κ3) is 3.82. The van der Waals surface area contributed by atoms with Crippen molar-refractivity contribution >= 4 is 38.9 Å². The summed E-state index contributed by atoms with van der Waals surface area (Å²) in [4.78, 5) is 7.50. The Morgan fingerprint density at radius 1 is 0.474 bits per heavy atom. The summed E-state index contributed by atoms with van der Waals surface area (Å²) >= 11 is 0.